The van der Waals surface area contributed by atoms with Crippen LogP contribution in [-0.4, -0.2) is 9.38 Å². The van der Waals surface area contributed by atoms with Gasteiger partial charge in [0.25, 0.3) is 0 Å². The Morgan fingerprint density at radius 3 is 2.53 bits per heavy atom. The van der Waals surface area contributed by atoms with Crippen molar-refractivity contribution >= 4 is 21.4 Å². The van der Waals surface area contributed by atoms with E-state index in [1.54, 1.807) is 0 Å². The zero-order valence-corrected chi connectivity index (χ0v) is 12.8. The number of hydrogen-bond acceptors (Lipinski definition) is 1. The molecular weight excluding hydrogens is 300 g/mol. The number of nitrogens with zero attached hydrogens (tertiary/aromatic N) is 2. The van der Waals surface area contributed by atoms with Crippen molar-refractivity contribution in [2.75, 3.05) is 0 Å². The minimum Gasteiger partial charge on any atom is -0.299 e. The molecule has 2 heterocycles. The normalized spacial score (nSPS) is 11.2. The summed E-state index contributed by atoms with van der Waals surface area (Å²) < 4.78 is 3.02. The van der Waals surface area contributed by atoms with E-state index in [2.05, 4.69) is 70.5 Å². The maximum absolute atomic E-state index is 4.67. The molecule has 3 rings (SSSR count). The second kappa shape index (κ2) is 4.49. The molecule has 96 valence electrons. The Bertz CT molecular complexity index is 772. The Morgan fingerprint density at radius 1 is 1.00 bits per heavy atom. The van der Waals surface area contributed by atoms with Crippen LogP contribution in [0.3, 0.4) is 0 Å². The lowest BCUT2D eigenvalue weighted by Crippen LogP contribution is -1.93. The van der Waals surface area contributed by atoms with Crippen molar-refractivity contribution in [3.05, 3.63) is 57.8 Å². The van der Waals surface area contributed by atoms with Crippen LogP contribution < -0.4 is 0 Å². The van der Waals surface area contributed by atoms with Gasteiger partial charge in [-0.3, -0.25) is 4.40 Å². The first-order chi connectivity index (χ1) is 9.08. The van der Waals surface area contributed by atoms with Crippen molar-refractivity contribution in [1.82, 2.24) is 9.38 Å². The van der Waals surface area contributed by atoms with Gasteiger partial charge >= 0.3 is 0 Å². The van der Waals surface area contributed by atoms with Crippen LogP contribution in [-0.2, 0) is 0 Å². The maximum Gasteiger partial charge on any atom is 0.146 e. The van der Waals surface area contributed by atoms with Crippen LogP contribution in [0.5, 0.6) is 0 Å². The molecule has 19 heavy (non-hydrogen) atoms. The molecule has 0 fully saturated rings. The fraction of sp³-hybridized carbons (Fsp3) is 0.188. The third kappa shape index (κ3) is 1.98. The summed E-state index contributed by atoms with van der Waals surface area (Å²) in [7, 11) is 0. The average Bonchev–Trinajstić information content (AvgIpc) is 2.72. The summed E-state index contributed by atoms with van der Waals surface area (Å²) in [4.78, 5) is 4.67. The molecule has 0 aliphatic carbocycles. The number of pyridine rings is 1. The second-order valence-electron chi connectivity index (χ2n) is 4.93. The highest BCUT2D eigenvalue weighted by Gasteiger charge is 2.13. The molecule has 2 nitrogen and oxygen atoms in total. The second-order valence-corrected chi connectivity index (χ2v) is 5.68. The van der Waals surface area contributed by atoms with Gasteiger partial charge in [-0.15, -0.1) is 0 Å². The van der Waals surface area contributed by atoms with Crippen LogP contribution >= 0.6 is 15.9 Å². The van der Waals surface area contributed by atoms with E-state index in [1.165, 1.54) is 22.3 Å². The first-order valence-electron chi connectivity index (χ1n) is 6.28. The molecule has 0 saturated carbocycles. The minimum atomic E-state index is 0.890. The van der Waals surface area contributed by atoms with Gasteiger partial charge in [0.05, 0.1) is 5.52 Å². The summed E-state index contributed by atoms with van der Waals surface area (Å²) in [6.45, 7) is 6.43. The van der Waals surface area contributed by atoms with Gasteiger partial charge < -0.3 is 0 Å². The summed E-state index contributed by atoms with van der Waals surface area (Å²) in [6.07, 6.45) is 2.05. The van der Waals surface area contributed by atoms with Crippen LogP contribution in [0.2, 0.25) is 0 Å². The Labute approximate surface area is 121 Å². The lowest BCUT2D eigenvalue weighted by molar-refractivity contribution is 1.15. The number of aryl methyl sites for hydroxylation is 3. The number of hydrogen-bond donors (Lipinski definition) is 0. The summed E-state index contributed by atoms with van der Waals surface area (Å²) in [6, 6.07) is 10.6. The summed E-state index contributed by atoms with van der Waals surface area (Å²) in [5, 5.41) is 0. The molecule has 0 amide bonds. The Balaban J connectivity index is 2.34. The topological polar surface area (TPSA) is 17.3 Å². The molecule has 3 heteroatoms. The maximum atomic E-state index is 4.67. The van der Waals surface area contributed by atoms with Gasteiger partial charge in [-0.05, 0) is 71.6 Å². The highest BCUT2D eigenvalue weighted by atomic mass is 79.9. The monoisotopic (exact) mass is 314 g/mol. The van der Waals surface area contributed by atoms with Crippen LogP contribution in [0.25, 0.3) is 16.9 Å². The first kappa shape index (κ1) is 12.4. The standard InChI is InChI=1S/C16H15BrN2/c1-10-8-12(3)13(9-11(10)2)16-18-15(17)14-6-4-5-7-19(14)16/h4-9H,1-3H3. The molecule has 0 spiro atoms. The number of fused-ring (bicyclic) bond motifs is 1. The quantitative estimate of drug-likeness (QED) is 0.637. The van der Waals surface area contributed by atoms with Crippen molar-refractivity contribution < 1.29 is 0 Å². The molecule has 0 N–H and O–H groups in total. The lowest BCUT2D eigenvalue weighted by Gasteiger charge is -2.09. The summed E-state index contributed by atoms with van der Waals surface area (Å²) >= 11 is 3.54. The van der Waals surface area contributed by atoms with Crippen LogP contribution in [0.4, 0.5) is 0 Å². The van der Waals surface area contributed by atoms with Crippen molar-refractivity contribution in [3.63, 3.8) is 0 Å². The SMILES string of the molecule is Cc1cc(C)c(-c2nc(Br)c3ccccn23)cc1C. The van der Waals surface area contributed by atoms with Gasteiger partial charge in [0.1, 0.15) is 10.4 Å². The predicted octanol–water partition coefficient (Wildman–Crippen LogP) is 4.69. The highest BCUT2D eigenvalue weighted by molar-refractivity contribution is 9.10. The molecule has 0 radical (unpaired) electrons. The van der Waals surface area contributed by atoms with Gasteiger partial charge in [0, 0.05) is 11.8 Å². The third-order valence-corrected chi connectivity index (χ3v) is 4.17. The van der Waals surface area contributed by atoms with Gasteiger partial charge in [-0.1, -0.05) is 12.1 Å². The van der Waals surface area contributed by atoms with Crippen molar-refractivity contribution in [2.24, 2.45) is 0 Å². The number of rotatable bonds is 1. The third-order valence-electron chi connectivity index (χ3n) is 3.59. The number of aromatic nitrogens is 2. The Kier molecular flexibility index (Phi) is 2.94. The highest BCUT2D eigenvalue weighted by Crippen LogP contribution is 2.29. The molecule has 1 aromatic carbocycles. The molecule has 0 saturated heterocycles. The van der Waals surface area contributed by atoms with Crippen LogP contribution in [0, 0.1) is 20.8 Å². The van der Waals surface area contributed by atoms with Crippen LogP contribution in [0.15, 0.2) is 41.1 Å². The number of benzene rings is 1. The Hall–Kier alpha value is -1.61. The van der Waals surface area contributed by atoms with Gasteiger partial charge in [0.2, 0.25) is 0 Å². The number of imidazole rings is 1. The molecule has 0 unspecified atom stereocenters. The lowest BCUT2D eigenvalue weighted by atomic mass is 10.0. The fourth-order valence-electron chi connectivity index (χ4n) is 2.39. The van der Waals surface area contributed by atoms with Crippen molar-refractivity contribution in [2.45, 2.75) is 20.8 Å². The zero-order chi connectivity index (χ0) is 13.6. The molecule has 3 aromatic rings. The van der Waals surface area contributed by atoms with Gasteiger partial charge in [0.15, 0.2) is 0 Å². The van der Waals surface area contributed by atoms with E-state index in [9.17, 15) is 0 Å². The zero-order valence-electron chi connectivity index (χ0n) is 11.2. The van der Waals surface area contributed by atoms with Crippen molar-refractivity contribution in [3.8, 4) is 11.4 Å². The predicted molar refractivity (Wildman–Crippen MR) is 82.5 cm³/mol. The van der Waals surface area contributed by atoms with E-state index in [-0.39, 0.29) is 0 Å². The fourth-order valence-corrected chi connectivity index (χ4v) is 2.88. The minimum absolute atomic E-state index is 0.890. The molecular formula is C16H15BrN2. The van der Waals surface area contributed by atoms with E-state index >= 15 is 0 Å². The van der Waals surface area contributed by atoms with Crippen molar-refractivity contribution in [1.29, 1.82) is 0 Å². The summed E-state index contributed by atoms with van der Waals surface area (Å²) in [5.41, 5.74) is 6.15. The summed E-state index contributed by atoms with van der Waals surface area (Å²) in [5.74, 6) is 0.989. The van der Waals surface area contributed by atoms with Gasteiger partial charge in [-0.2, -0.15) is 0 Å². The molecule has 0 atom stereocenters. The average molecular weight is 315 g/mol. The van der Waals surface area contributed by atoms with Crippen LogP contribution in [0.1, 0.15) is 16.7 Å². The molecule has 2 aromatic heterocycles. The molecule has 0 aliphatic rings. The smallest absolute Gasteiger partial charge is 0.146 e. The van der Waals surface area contributed by atoms with E-state index in [1.807, 2.05) is 12.1 Å². The largest absolute Gasteiger partial charge is 0.299 e. The molecule has 0 aliphatic heterocycles. The van der Waals surface area contributed by atoms with E-state index in [0.717, 1.165) is 15.9 Å². The first-order valence-corrected chi connectivity index (χ1v) is 7.08. The van der Waals surface area contributed by atoms with E-state index in [0.29, 0.717) is 0 Å². The van der Waals surface area contributed by atoms with E-state index < -0.39 is 0 Å². The van der Waals surface area contributed by atoms with Gasteiger partial charge in [-0.25, -0.2) is 4.98 Å². The Morgan fingerprint density at radius 2 is 1.74 bits per heavy atom. The molecule has 0 bridgehead atoms. The number of halogens is 1. The van der Waals surface area contributed by atoms with E-state index in [4.69, 9.17) is 0 Å².